The highest BCUT2D eigenvalue weighted by atomic mass is 19.4. The average molecular weight is 488 g/mol. The normalized spacial score (nSPS) is 15.9. The number of alkyl halides is 3. The number of carbonyl (C=O) groups is 3. The van der Waals surface area contributed by atoms with E-state index in [0.29, 0.717) is 5.69 Å². The fraction of sp³-hybridized carbons (Fsp3) is 0.273. The second-order valence-electron chi connectivity index (χ2n) is 7.77. The van der Waals surface area contributed by atoms with Crippen LogP contribution in [0.3, 0.4) is 0 Å². The van der Waals surface area contributed by atoms with Gasteiger partial charge in [0, 0.05) is 6.42 Å². The molecule has 3 amide bonds. The van der Waals surface area contributed by atoms with E-state index < -0.39 is 35.7 Å². The van der Waals surface area contributed by atoms with Gasteiger partial charge in [-0.15, -0.1) is 5.10 Å². The fourth-order valence-electron chi connectivity index (χ4n) is 3.51. The van der Waals surface area contributed by atoms with E-state index in [1.165, 1.54) is 12.1 Å². The summed E-state index contributed by atoms with van der Waals surface area (Å²) in [5, 5.41) is 13.5. The number of rotatable bonds is 7. The first kappa shape index (κ1) is 23.9. The molecule has 3 aromatic rings. The van der Waals surface area contributed by atoms with Gasteiger partial charge in [-0.1, -0.05) is 12.1 Å². The lowest BCUT2D eigenvalue weighted by molar-refractivity contribution is -0.145. The molecule has 1 saturated heterocycles. The lowest BCUT2D eigenvalue weighted by Gasteiger charge is -2.13. The van der Waals surface area contributed by atoms with Crippen molar-refractivity contribution in [3.05, 3.63) is 65.5 Å². The first-order chi connectivity index (χ1) is 16.6. The van der Waals surface area contributed by atoms with Crippen LogP contribution < -0.4 is 10.2 Å². The number of hydrogen-bond acceptors (Lipinski definition) is 7. The van der Waals surface area contributed by atoms with Crippen molar-refractivity contribution in [1.29, 1.82) is 0 Å². The molecule has 1 unspecified atom stereocenters. The third kappa shape index (κ3) is 5.28. The molecule has 0 spiro atoms. The zero-order valence-electron chi connectivity index (χ0n) is 18.3. The smallest absolute Gasteiger partial charge is 0.416 e. The van der Waals surface area contributed by atoms with Gasteiger partial charge in [0.1, 0.15) is 6.04 Å². The minimum Gasteiger partial charge on any atom is -0.457 e. The quantitative estimate of drug-likeness (QED) is 0.401. The van der Waals surface area contributed by atoms with Crippen LogP contribution in [0, 0.1) is 6.92 Å². The van der Waals surface area contributed by atoms with Crippen molar-refractivity contribution in [1.82, 2.24) is 25.5 Å². The summed E-state index contributed by atoms with van der Waals surface area (Å²) in [6, 6.07) is 9.62. The van der Waals surface area contributed by atoms with Crippen LogP contribution in [0.5, 0.6) is 0 Å². The van der Waals surface area contributed by atoms with Crippen molar-refractivity contribution in [2.75, 3.05) is 4.90 Å². The Morgan fingerprint density at radius 1 is 1.11 bits per heavy atom. The Morgan fingerprint density at radius 3 is 2.54 bits per heavy atom. The Hall–Kier alpha value is -4.29. The highest BCUT2D eigenvalue weighted by Crippen LogP contribution is 2.29. The van der Waals surface area contributed by atoms with Crippen LogP contribution in [-0.4, -0.2) is 44.2 Å². The summed E-state index contributed by atoms with van der Waals surface area (Å²) in [7, 11) is 0. The van der Waals surface area contributed by atoms with Crippen LogP contribution in [0.25, 0.3) is 5.69 Å². The van der Waals surface area contributed by atoms with E-state index in [2.05, 4.69) is 20.8 Å². The molecular weight excluding hydrogens is 469 g/mol. The van der Waals surface area contributed by atoms with Crippen LogP contribution in [0.15, 0.2) is 48.5 Å². The number of esters is 1. The van der Waals surface area contributed by atoms with Gasteiger partial charge in [0.2, 0.25) is 0 Å². The molecule has 0 saturated carbocycles. The Bertz CT molecular complexity index is 1260. The number of nitrogens with zero attached hydrogens (tertiary/aromatic N) is 5. The lowest BCUT2D eigenvalue weighted by Crippen LogP contribution is -2.31. The number of benzene rings is 2. The number of imide groups is 1. The molecule has 10 nitrogen and oxygen atoms in total. The molecule has 1 atom stereocenters. The van der Waals surface area contributed by atoms with E-state index in [0.717, 1.165) is 27.3 Å². The summed E-state index contributed by atoms with van der Waals surface area (Å²) in [6.07, 6.45) is -4.62. The minimum atomic E-state index is -4.48. The summed E-state index contributed by atoms with van der Waals surface area (Å²) in [5.41, 5.74) is 0.753. The molecule has 0 bridgehead atoms. The Kier molecular flexibility index (Phi) is 6.49. The maximum atomic E-state index is 12.8. The van der Waals surface area contributed by atoms with E-state index in [1.54, 1.807) is 18.2 Å². The molecule has 2 heterocycles. The number of anilines is 1. The van der Waals surface area contributed by atoms with E-state index in [9.17, 15) is 27.6 Å². The third-order valence-electron chi connectivity index (χ3n) is 5.25. The first-order valence-corrected chi connectivity index (χ1v) is 10.4. The van der Waals surface area contributed by atoms with E-state index >= 15 is 0 Å². The van der Waals surface area contributed by atoms with Gasteiger partial charge in [0.05, 0.1) is 16.9 Å². The van der Waals surface area contributed by atoms with Crippen LogP contribution in [0.2, 0.25) is 0 Å². The van der Waals surface area contributed by atoms with E-state index in [1.807, 2.05) is 13.0 Å². The molecule has 0 radical (unpaired) electrons. The number of nitrogens with one attached hydrogen (secondary N) is 1. The van der Waals surface area contributed by atoms with Gasteiger partial charge in [-0.25, -0.2) is 9.69 Å². The van der Waals surface area contributed by atoms with Crippen LogP contribution in [0.1, 0.15) is 29.8 Å². The van der Waals surface area contributed by atoms with Crippen molar-refractivity contribution < 1.29 is 32.3 Å². The molecule has 1 aliphatic heterocycles. The maximum Gasteiger partial charge on any atom is 0.416 e. The molecule has 4 rings (SSSR count). The van der Waals surface area contributed by atoms with Gasteiger partial charge in [-0.05, 0) is 65.7 Å². The number of ether oxygens (including phenoxy) is 1. The van der Waals surface area contributed by atoms with Crippen molar-refractivity contribution in [2.45, 2.75) is 38.6 Å². The average Bonchev–Trinajstić information content (AvgIpc) is 3.39. The van der Waals surface area contributed by atoms with Gasteiger partial charge >= 0.3 is 18.2 Å². The predicted octanol–water partition coefficient (Wildman–Crippen LogP) is 2.94. The second kappa shape index (κ2) is 9.52. The van der Waals surface area contributed by atoms with Gasteiger partial charge in [0.15, 0.2) is 12.4 Å². The number of hydrogen-bond donors (Lipinski definition) is 1. The number of amides is 3. The van der Waals surface area contributed by atoms with E-state index in [4.69, 9.17) is 4.74 Å². The molecule has 1 aliphatic rings. The molecule has 35 heavy (non-hydrogen) atoms. The van der Waals surface area contributed by atoms with Gasteiger partial charge in [-0.3, -0.25) is 9.59 Å². The molecule has 0 aliphatic carbocycles. The molecule has 1 N–H and O–H groups in total. The highest BCUT2D eigenvalue weighted by molar-refractivity contribution is 6.21. The van der Waals surface area contributed by atoms with Crippen LogP contribution >= 0.6 is 0 Å². The lowest BCUT2D eigenvalue weighted by atomic mass is 10.1. The largest absolute Gasteiger partial charge is 0.457 e. The number of tetrazole rings is 1. The summed E-state index contributed by atoms with van der Waals surface area (Å²) in [5.74, 6) is -1.04. The Labute approximate surface area is 196 Å². The number of carbonyl (C=O) groups excluding carboxylic acids is 3. The van der Waals surface area contributed by atoms with Crippen molar-refractivity contribution in [2.24, 2.45) is 0 Å². The number of halogens is 3. The molecule has 2 aromatic carbocycles. The van der Waals surface area contributed by atoms with Gasteiger partial charge in [0.25, 0.3) is 5.91 Å². The monoisotopic (exact) mass is 488 g/mol. The van der Waals surface area contributed by atoms with E-state index in [-0.39, 0.29) is 31.0 Å². The molecular formula is C22H19F3N6O4. The maximum absolute atomic E-state index is 12.8. The zero-order chi connectivity index (χ0) is 25.2. The molecule has 13 heteroatoms. The fourth-order valence-corrected chi connectivity index (χ4v) is 3.51. The van der Waals surface area contributed by atoms with Crippen molar-refractivity contribution in [3.63, 3.8) is 0 Å². The summed E-state index contributed by atoms with van der Waals surface area (Å²) >= 11 is 0. The molecule has 1 aromatic heterocycles. The highest BCUT2D eigenvalue weighted by Gasteiger charge is 2.39. The van der Waals surface area contributed by atoms with Crippen molar-refractivity contribution in [3.8, 4) is 5.69 Å². The Balaban J connectivity index is 1.32. The Morgan fingerprint density at radius 2 is 1.86 bits per heavy atom. The van der Waals surface area contributed by atoms with Crippen LogP contribution in [-0.2, 0) is 27.1 Å². The summed E-state index contributed by atoms with van der Waals surface area (Å²) in [6.45, 7) is 1.50. The first-order valence-electron chi connectivity index (χ1n) is 10.4. The third-order valence-corrected chi connectivity index (χ3v) is 5.25. The summed E-state index contributed by atoms with van der Waals surface area (Å²) < 4.78 is 44.6. The molecule has 1 fully saturated rings. The standard InChI is InChI=1S/C22H19F3N6O4/c1-13-3-2-4-16(11-13)30-20(33)17(26-21(30)34)9-10-19(32)35-12-18-27-28-29-31(18)15-7-5-14(6-8-15)22(23,24)25/h2-8,11,17H,9-10,12H2,1H3,(H,26,34). The predicted molar refractivity (Wildman–Crippen MR) is 114 cm³/mol. The minimum absolute atomic E-state index is 0.0234. The van der Waals surface area contributed by atoms with Gasteiger partial charge < -0.3 is 10.1 Å². The second-order valence-corrected chi connectivity index (χ2v) is 7.77. The van der Waals surface area contributed by atoms with Gasteiger partial charge in [-0.2, -0.15) is 17.9 Å². The topological polar surface area (TPSA) is 119 Å². The number of urea groups is 1. The van der Waals surface area contributed by atoms with Crippen molar-refractivity contribution >= 4 is 23.6 Å². The SMILES string of the molecule is Cc1cccc(N2C(=O)NC(CCC(=O)OCc3nnnn3-c3ccc(C(F)(F)F)cc3)C2=O)c1. The zero-order valence-corrected chi connectivity index (χ0v) is 18.3. The number of aromatic nitrogens is 4. The van der Waals surface area contributed by atoms with Crippen LogP contribution in [0.4, 0.5) is 23.7 Å². The number of aryl methyl sites for hydroxylation is 1. The molecule has 182 valence electrons. The summed E-state index contributed by atoms with van der Waals surface area (Å²) in [4.78, 5) is 38.2.